The van der Waals surface area contributed by atoms with Crippen LogP contribution < -0.4 is 5.19 Å². The first kappa shape index (κ1) is 17.5. The summed E-state index contributed by atoms with van der Waals surface area (Å²) in [5, 5.41) is 1.36. The van der Waals surface area contributed by atoms with Crippen LogP contribution in [0.5, 0.6) is 0 Å². The third-order valence-electron chi connectivity index (χ3n) is 4.17. The third-order valence-corrected chi connectivity index (χ3v) is 6.72. The second kappa shape index (κ2) is 8.13. The molecule has 0 unspecified atom stereocenters. The molecule has 0 bridgehead atoms. The van der Waals surface area contributed by atoms with Crippen molar-refractivity contribution < 1.29 is 4.39 Å². The van der Waals surface area contributed by atoms with Crippen molar-refractivity contribution in [2.75, 3.05) is 0 Å². The lowest BCUT2D eigenvalue weighted by atomic mass is 9.94. The predicted molar refractivity (Wildman–Crippen MR) is 100 cm³/mol. The van der Waals surface area contributed by atoms with Gasteiger partial charge in [-0.25, -0.2) is 4.39 Å². The number of hydrogen-bond donors (Lipinski definition) is 0. The highest BCUT2D eigenvalue weighted by atomic mass is 28.3. The van der Waals surface area contributed by atoms with E-state index in [4.69, 9.17) is 0 Å². The molecule has 0 aliphatic carbocycles. The van der Waals surface area contributed by atoms with E-state index in [1.807, 2.05) is 18.2 Å². The quantitative estimate of drug-likeness (QED) is 0.520. The summed E-state index contributed by atoms with van der Waals surface area (Å²) in [4.78, 5) is 0. The number of benzene rings is 2. The van der Waals surface area contributed by atoms with Crippen LogP contribution in [-0.2, 0) is 0 Å². The van der Waals surface area contributed by atoms with E-state index in [0.29, 0.717) is 0 Å². The first-order valence-corrected chi connectivity index (χ1v) is 11.4. The molecule has 0 heterocycles. The average Bonchev–Trinajstić information content (AvgIpc) is 2.57. The lowest BCUT2D eigenvalue weighted by Gasteiger charge is -2.17. The van der Waals surface area contributed by atoms with Crippen LogP contribution in [0, 0.1) is 17.3 Å². The SMILES string of the molecule is CCCC[C@@H](C#C[Si](C)(C)c1ccccc1)c1ccc(F)cc1. The molecule has 0 radical (unpaired) electrons. The van der Waals surface area contributed by atoms with E-state index in [0.717, 1.165) is 24.8 Å². The van der Waals surface area contributed by atoms with Crippen LogP contribution in [0.3, 0.4) is 0 Å². The molecule has 0 aromatic heterocycles. The van der Waals surface area contributed by atoms with E-state index in [2.05, 4.69) is 55.7 Å². The van der Waals surface area contributed by atoms with Crippen LogP contribution in [-0.4, -0.2) is 8.07 Å². The predicted octanol–water partition coefficient (Wildman–Crippen LogP) is 5.26. The monoisotopic (exact) mass is 324 g/mol. The van der Waals surface area contributed by atoms with Gasteiger partial charge in [-0.2, -0.15) is 0 Å². The van der Waals surface area contributed by atoms with Crippen molar-refractivity contribution in [2.45, 2.75) is 45.2 Å². The van der Waals surface area contributed by atoms with E-state index in [1.165, 1.54) is 17.3 Å². The summed E-state index contributed by atoms with van der Waals surface area (Å²) in [6, 6.07) is 17.4. The summed E-state index contributed by atoms with van der Waals surface area (Å²) in [6.07, 6.45) is 3.33. The Kier molecular flexibility index (Phi) is 6.18. The fourth-order valence-electron chi connectivity index (χ4n) is 2.62. The summed E-state index contributed by atoms with van der Waals surface area (Å²) in [5.74, 6) is 3.53. The van der Waals surface area contributed by atoms with Crippen LogP contribution in [0.1, 0.15) is 37.7 Å². The highest BCUT2D eigenvalue weighted by molar-refractivity contribution is 6.96. The topological polar surface area (TPSA) is 0 Å². The molecule has 0 saturated carbocycles. The molecule has 0 N–H and O–H groups in total. The Labute approximate surface area is 140 Å². The molecule has 0 fully saturated rings. The van der Waals surface area contributed by atoms with Gasteiger partial charge in [-0.15, -0.1) is 11.5 Å². The van der Waals surface area contributed by atoms with E-state index in [9.17, 15) is 4.39 Å². The number of unbranched alkanes of at least 4 members (excludes halogenated alkanes) is 1. The highest BCUT2D eigenvalue weighted by Gasteiger charge is 2.21. The first-order valence-electron chi connectivity index (χ1n) is 8.36. The van der Waals surface area contributed by atoms with Gasteiger partial charge in [0.1, 0.15) is 5.82 Å². The minimum atomic E-state index is -1.76. The second-order valence-electron chi connectivity index (χ2n) is 6.51. The molecule has 2 aromatic rings. The van der Waals surface area contributed by atoms with Crippen molar-refractivity contribution in [1.82, 2.24) is 0 Å². The minimum Gasteiger partial charge on any atom is -0.207 e. The molecule has 23 heavy (non-hydrogen) atoms. The van der Waals surface area contributed by atoms with Crippen molar-refractivity contribution in [2.24, 2.45) is 0 Å². The second-order valence-corrected chi connectivity index (χ2v) is 10.6. The molecule has 0 aliphatic heterocycles. The fourth-order valence-corrected chi connectivity index (χ4v) is 4.33. The van der Waals surface area contributed by atoms with E-state index in [1.54, 1.807) is 0 Å². The molecule has 1 atom stereocenters. The summed E-state index contributed by atoms with van der Waals surface area (Å²) in [7, 11) is -1.76. The molecule has 0 amide bonds. The highest BCUT2D eigenvalue weighted by Crippen LogP contribution is 2.22. The molecule has 0 nitrogen and oxygen atoms in total. The van der Waals surface area contributed by atoms with Crippen LogP contribution in [0.2, 0.25) is 13.1 Å². The van der Waals surface area contributed by atoms with Crippen molar-refractivity contribution >= 4 is 13.3 Å². The largest absolute Gasteiger partial charge is 0.207 e. The zero-order valence-electron chi connectivity index (χ0n) is 14.3. The van der Waals surface area contributed by atoms with Crippen LogP contribution in [0.15, 0.2) is 54.6 Å². The molecular weight excluding hydrogens is 299 g/mol. The van der Waals surface area contributed by atoms with Crippen molar-refractivity contribution in [3.8, 4) is 11.5 Å². The molecule has 0 spiro atoms. The summed E-state index contributed by atoms with van der Waals surface area (Å²) < 4.78 is 13.2. The molecule has 2 rings (SSSR count). The van der Waals surface area contributed by atoms with E-state index < -0.39 is 8.07 Å². The Hall–Kier alpha value is -1.85. The van der Waals surface area contributed by atoms with Gasteiger partial charge >= 0.3 is 0 Å². The lowest BCUT2D eigenvalue weighted by Crippen LogP contribution is -2.40. The Morgan fingerprint density at radius 3 is 2.26 bits per heavy atom. The van der Waals surface area contributed by atoms with Gasteiger partial charge in [0.25, 0.3) is 0 Å². The van der Waals surface area contributed by atoms with Crippen LogP contribution >= 0.6 is 0 Å². The maximum Gasteiger partial charge on any atom is 0.162 e. The zero-order chi connectivity index (χ0) is 16.7. The fraction of sp³-hybridized carbons (Fsp3) is 0.333. The van der Waals surface area contributed by atoms with Gasteiger partial charge in [-0.3, -0.25) is 0 Å². The Bertz CT molecular complexity index is 662. The van der Waals surface area contributed by atoms with Gasteiger partial charge in [-0.1, -0.05) is 75.3 Å². The maximum atomic E-state index is 13.2. The standard InChI is InChI=1S/C21H25FSi/c1-4-5-9-18(19-12-14-20(22)15-13-19)16-17-23(2,3)21-10-7-6-8-11-21/h6-8,10-15,18H,4-5,9H2,1-3H3/t18-/m0/s1. The Morgan fingerprint density at radius 1 is 1.00 bits per heavy atom. The normalized spacial score (nSPS) is 12.3. The molecule has 0 saturated heterocycles. The Balaban J connectivity index is 2.26. The molecular formula is C21H25FSi. The van der Waals surface area contributed by atoms with Crippen molar-refractivity contribution in [3.63, 3.8) is 0 Å². The summed E-state index contributed by atoms with van der Waals surface area (Å²) in [6.45, 7) is 6.77. The Morgan fingerprint density at radius 2 is 1.65 bits per heavy atom. The molecule has 2 heteroatoms. The molecule has 2 aromatic carbocycles. The van der Waals surface area contributed by atoms with E-state index >= 15 is 0 Å². The number of halogens is 1. The van der Waals surface area contributed by atoms with Gasteiger partial charge in [0.15, 0.2) is 8.07 Å². The van der Waals surface area contributed by atoms with Crippen molar-refractivity contribution in [1.29, 1.82) is 0 Å². The minimum absolute atomic E-state index is 0.185. The van der Waals surface area contributed by atoms with Gasteiger partial charge in [0, 0.05) is 5.92 Å². The van der Waals surface area contributed by atoms with Gasteiger partial charge in [0.05, 0.1) is 0 Å². The molecule has 0 aliphatic rings. The van der Waals surface area contributed by atoms with Gasteiger partial charge in [-0.05, 0) is 29.3 Å². The number of rotatable bonds is 5. The average molecular weight is 325 g/mol. The summed E-state index contributed by atoms with van der Waals surface area (Å²) in [5.41, 5.74) is 4.72. The van der Waals surface area contributed by atoms with Crippen LogP contribution in [0.25, 0.3) is 0 Å². The summed E-state index contributed by atoms with van der Waals surface area (Å²) >= 11 is 0. The zero-order valence-corrected chi connectivity index (χ0v) is 15.3. The van der Waals surface area contributed by atoms with Gasteiger partial charge in [0.2, 0.25) is 0 Å². The maximum absolute atomic E-state index is 13.2. The van der Waals surface area contributed by atoms with Gasteiger partial charge < -0.3 is 0 Å². The van der Waals surface area contributed by atoms with Crippen molar-refractivity contribution in [3.05, 3.63) is 66.0 Å². The van der Waals surface area contributed by atoms with Crippen LogP contribution in [0.4, 0.5) is 4.39 Å². The number of hydrogen-bond acceptors (Lipinski definition) is 0. The third kappa shape index (κ3) is 5.08. The molecule has 120 valence electrons. The first-order chi connectivity index (χ1) is 11.0. The van der Waals surface area contributed by atoms with E-state index in [-0.39, 0.29) is 11.7 Å². The smallest absolute Gasteiger partial charge is 0.162 e. The lowest BCUT2D eigenvalue weighted by molar-refractivity contribution is 0.624.